The molecule has 6 heteroatoms. The van der Waals surface area contributed by atoms with Crippen LogP contribution in [0.4, 0.5) is 0 Å². The molecule has 3 heterocycles. The Hall–Kier alpha value is -2.21. The molecular formula is C19H25N5O. The molecular weight excluding hydrogens is 314 g/mol. The molecule has 1 aromatic heterocycles. The van der Waals surface area contributed by atoms with Crippen LogP contribution < -0.4 is 10.6 Å². The Kier molecular flexibility index (Phi) is 4.78. The summed E-state index contributed by atoms with van der Waals surface area (Å²) in [6, 6.07) is 9.58. The van der Waals surface area contributed by atoms with Gasteiger partial charge in [-0.15, -0.1) is 0 Å². The molecule has 0 aliphatic carbocycles. The van der Waals surface area contributed by atoms with Gasteiger partial charge in [0.2, 0.25) is 5.91 Å². The van der Waals surface area contributed by atoms with E-state index in [-0.39, 0.29) is 5.91 Å². The summed E-state index contributed by atoms with van der Waals surface area (Å²) >= 11 is 0. The molecule has 2 unspecified atom stereocenters. The topological polar surface area (TPSA) is 71.8 Å². The normalized spacial score (nSPS) is 25.0. The molecule has 2 saturated heterocycles. The minimum absolute atomic E-state index is 0.179. The number of piperidine rings is 1. The van der Waals surface area contributed by atoms with Crippen LogP contribution in [0.5, 0.6) is 0 Å². The Morgan fingerprint density at radius 3 is 2.56 bits per heavy atom. The lowest BCUT2D eigenvalue weighted by molar-refractivity contribution is -0.122. The summed E-state index contributed by atoms with van der Waals surface area (Å²) in [6.07, 6.45) is 8.78. The molecule has 2 fully saturated rings. The van der Waals surface area contributed by atoms with Crippen molar-refractivity contribution in [3.05, 3.63) is 48.0 Å². The van der Waals surface area contributed by atoms with Crippen LogP contribution in [0.25, 0.3) is 0 Å². The first-order valence-corrected chi connectivity index (χ1v) is 9.17. The van der Waals surface area contributed by atoms with Crippen LogP contribution in [-0.2, 0) is 17.9 Å². The van der Waals surface area contributed by atoms with Gasteiger partial charge in [-0.05, 0) is 42.7 Å². The van der Waals surface area contributed by atoms with E-state index in [2.05, 4.69) is 45.0 Å². The zero-order valence-corrected chi connectivity index (χ0v) is 14.4. The highest BCUT2D eigenvalue weighted by atomic mass is 16.1. The number of nitrogens with one attached hydrogen (secondary N) is 2. The second-order valence-electron chi connectivity index (χ2n) is 7.37. The molecule has 2 aromatic rings. The minimum atomic E-state index is 0.179. The second kappa shape index (κ2) is 7.35. The Morgan fingerprint density at radius 2 is 1.88 bits per heavy atom. The quantitative estimate of drug-likeness (QED) is 0.843. The maximum Gasteiger partial charge on any atom is 0.220 e. The number of benzene rings is 1. The molecule has 1 aromatic carbocycles. The van der Waals surface area contributed by atoms with E-state index >= 15 is 0 Å². The first kappa shape index (κ1) is 16.3. The van der Waals surface area contributed by atoms with Crippen molar-refractivity contribution < 1.29 is 4.79 Å². The number of rotatable bonds is 6. The average Bonchev–Trinajstić information content (AvgIpc) is 3.24. The van der Waals surface area contributed by atoms with E-state index in [4.69, 9.17) is 0 Å². The lowest BCUT2D eigenvalue weighted by Crippen LogP contribution is -2.39. The average molecular weight is 339 g/mol. The van der Waals surface area contributed by atoms with Gasteiger partial charge in [0, 0.05) is 25.0 Å². The zero-order chi connectivity index (χ0) is 17.1. The molecule has 4 rings (SSSR count). The van der Waals surface area contributed by atoms with Gasteiger partial charge in [-0.2, -0.15) is 5.10 Å². The Balaban J connectivity index is 1.23. The standard InChI is InChI=1S/C19H25N5O/c25-19(9-16-7-17-5-6-18(8-16)23-17)21-10-14-1-3-15(4-2-14)11-24-13-20-12-22-24/h1-4,12-13,16-18,23H,5-11H2,(H,21,25). The monoisotopic (exact) mass is 339 g/mol. The lowest BCUT2D eigenvalue weighted by atomic mass is 9.89. The molecule has 25 heavy (non-hydrogen) atoms. The van der Waals surface area contributed by atoms with E-state index in [1.54, 1.807) is 11.0 Å². The van der Waals surface area contributed by atoms with Gasteiger partial charge in [-0.25, -0.2) is 9.67 Å². The van der Waals surface area contributed by atoms with Crippen molar-refractivity contribution in [2.24, 2.45) is 5.92 Å². The third-order valence-corrected chi connectivity index (χ3v) is 5.37. The molecule has 2 bridgehead atoms. The van der Waals surface area contributed by atoms with Gasteiger partial charge in [0.25, 0.3) is 0 Å². The summed E-state index contributed by atoms with van der Waals surface area (Å²) in [5.41, 5.74) is 2.30. The molecule has 2 N–H and O–H groups in total. The van der Waals surface area contributed by atoms with Crippen LogP contribution in [0.2, 0.25) is 0 Å². The zero-order valence-electron chi connectivity index (χ0n) is 14.4. The summed E-state index contributed by atoms with van der Waals surface area (Å²) in [7, 11) is 0. The molecule has 132 valence electrons. The van der Waals surface area contributed by atoms with Crippen LogP contribution in [0.3, 0.4) is 0 Å². The van der Waals surface area contributed by atoms with Crippen molar-refractivity contribution in [2.75, 3.05) is 0 Å². The predicted molar refractivity (Wildman–Crippen MR) is 94.7 cm³/mol. The van der Waals surface area contributed by atoms with Gasteiger partial charge < -0.3 is 10.6 Å². The second-order valence-corrected chi connectivity index (χ2v) is 7.37. The summed E-state index contributed by atoms with van der Waals surface area (Å²) < 4.78 is 1.79. The lowest BCUT2D eigenvalue weighted by Gasteiger charge is -2.28. The maximum atomic E-state index is 12.2. The van der Waals surface area contributed by atoms with E-state index < -0.39 is 0 Å². The fourth-order valence-corrected chi connectivity index (χ4v) is 4.14. The third-order valence-electron chi connectivity index (χ3n) is 5.37. The van der Waals surface area contributed by atoms with Crippen molar-refractivity contribution in [1.82, 2.24) is 25.4 Å². The molecule has 0 spiro atoms. The number of hydrogen-bond donors (Lipinski definition) is 2. The summed E-state index contributed by atoms with van der Waals surface area (Å²) in [4.78, 5) is 16.2. The molecule has 2 atom stereocenters. The Bertz CT molecular complexity index is 685. The highest BCUT2D eigenvalue weighted by molar-refractivity contribution is 5.76. The molecule has 2 aliphatic rings. The van der Waals surface area contributed by atoms with Gasteiger partial charge in [-0.1, -0.05) is 24.3 Å². The molecule has 0 saturated carbocycles. The number of nitrogens with zero attached hydrogens (tertiary/aromatic N) is 3. The van der Waals surface area contributed by atoms with Crippen molar-refractivity contribution in [3.63, 3.8) is 0 Å². The Labute approximate surface area is 148 Å². The number of carbonyl (C=O) groups excluding carboxylic acids is 1. The van der Waals surface area contributed by atoms with Crippen molar-refractivity contribution in [3.8, 4) is 0 Å². The summed E-state index contributed by atoms with van der Waals surface area (Å²) in [6.45, 7) is 1.31. The largest absolute Gasteiger partial charge is 0.352 e. The molecule has 6 nitrogen and oxygen atoms in total. The highest BCUT2D eigenvalue weighted by Crippen LogP contribution is 2.32. The fraction of sp³-hybridized carbons (Fsp3) is 0.526. The van der Waals surface area contributed by atoms with E-state index in [1.165, 1.54) is 24.7 Å². The number of carbonyl (C=O) groups is 1. The smallest absolute Gasteiger partial charge is 0.220 e. The van der Waals surface area contributed by atoms with E-state index in [0.717, 1.165) is 18.4 Å². The summed E-state index contributed by atoms with van der Waals surface area (Å²) in [5, 5.41) is 10.8. The first-order chi connectivity index (χ1) is 12.2. The van der Waals surface area contributed by atoms with Crippen LogP contribution >= 0.6 is 0 Å². The first-order valence-electron chi connectivity index (χ1n) is 9.17. The van der Waals surface area contributed by atoms with Gasteiger partial charge in [0.05, 0.1) is 6.54 Å². The highest BCUT2D eigenvalue weighted by Gasteiger charge is 2.34. The van der Waals surface area contributed by atoms with Crippen LogP contribution in [0.1, 0.15) is 43.2 Å². The number of aromatic nitrogens is 3. The van der Waals surface area contributed by atoms with Gasteiger partial charge >= 0.3 is 0 Å². The van der Waals surface area contributed by atoms with Gasteiger partial charge in [0.1, 0.15) is 12.7 Å². The van der Waals surface area contributed by atoms with E-state index in [0.29, 0.717) is 37.5 Å². The SMILES string of the molecule is O=C(CC1CC2CCC(C1)N2)NCc1ccc(Cn2cncn2)cc1. The van der Waals surface area contributed by atoms with Crippen LogP contribution in [-0.4, -0.2) is 32.8 Å². The van der Waals surface area contributed by atoms with E-state index in [1.807, 2.05) is 0 Å². The van der Waals surface area contributed by atoms with Gasteiger partial charge in [0.15, 0.2) is 0 Å². The van der Waals surface area contributed by atoms with Crippen LogP contribution in [0.15, 0.2) is 36.9 Å². The maximum absolute atomic E-state index is 12.2. The fourth-order valence-electron chi connectivity index (χ4n) is 4.14. The molecule has 0 radical (unpaired) electrons. The van der Waals surface area contributed by atoms with Crippen molar-refractivity contribution in [1.29, 1.82) is 0 Å². The van der Waals surface area contributed by atoms with Crippen LogP contribution in [0, 0.1) is 5.92 Å². The molecule has 1 amide bonds. The Morgan fingerprint density at radius 1 is 1.16 bits per heavy atom. The van der Waals surface area contributed by atoms with Crippen molar-refractivity contribution >= 4 is 5.91 Å². The number of amides is 1. The van der Waals surface area contributed by atoms with Crippen molar-refractivity contribution in [2.45, 2.75) is 57.3 Å². The summed E-state index contributed by atoms with van der Waals surface area (Å²) in [5.74, 6) is 0.724. The van der Waals surface area contributed by atoms with Gasteiger partial charge in [-0.3, -0.25) is 4.79 Å². The third kappa shape index (κ3) is 4.25. The minimum Gasteiger partial charge on any atom is -0.352 e. The van der Waals surface area contributed by atoms with E-state index in [9.17, 15) is 4.79 Å². The predicted octanol–water partition coefficient (Wildman–Crippen LogP) is 1.86. The number of hydrogen-bond acceptors (Lipinski definition) is 4. The number of fused-ring (bicyclic) bond motifs is 2. The molecule has 2 aliphatic heterocycles.